The largest absolute Gasteiger partial charge is 0.439 e. The number of fused-ring (bicyclic) bond motifs is 2. The van der Waals surface area contributed by atoms with Crippen molar-refractivity contribution < 1.29 is 4.74 Å². The number of rotatable bonds is 4. The number of hydrogen-bond acceptors (Lipinski definition) is 4. The van der Waals surface area contributed by atoms with Crippen molar-refractivity contribution in [3.05, 3.63) is 94.3 Å². The van der Waals surface area contributed by atoms with Crippen molar-refractivity contribution in [1.82, 2.24) is 4.98 Å². The highest BCUT2D eigenvalue weighted by atomic mass is 32.1. The summed E-state index contributed by atoms with van der Waals surface area (Å²) < 4.78 is 7.28. The van der Waals surface area contributed by atoms with E-state index in [2.05, 4.69) is 86.8 Å². The van der Waals surface area contributed by atoms with E-state index >= 15 is 0 Å². The van der Waals surface area contributed by atoms with Gasteiger partial charge in [0.1, 0.15) is 5.01 Å². The molecule has 1 aliphatic rings. The van der Waals surface area contributed by atoms with E-state index in [-0.39, 0.29) is 0 Å². The molecule has 1 aromatic heterocycles. The fraction of sp³-hybridized carbons (Fsp3) is 0.148. The van der Waals surface area contributed by atoms with Gasteiger partial charge in [0, 0.05) is 6.08 Å². The quantitative estimate of drug-likeness (QED) is 0.364. The summed E-state index contributed by atoms with van der Waals surface area (Å²) in [6.07, 6.45) is 5.13. The molecular weight excluding hydrogens is 400 g/mol. The molecule has 0 bridgehead atoms. The van der Waals surface area contributed by atoms with Gasteiger partial charge in [-0.2, -0.15) is 0 Å². The third-order valence-corrected chi connectivity index (χ3v) is 6.58. The number of anilines is 1. The van der Waals surface area contributed by atoms with Gasteiger partial charge in [-0.15, -0.1) is 11.3 Å². The van der Waals surface area contributed by atoms with E-state index in [4.69, 9.17) is 9.72 Å². The first-order valence-electron chi connectivity index (χ1n) is 10.5. The van der Waals surface area contributed by atoms with Gasteiger partial charge in [-0.25, -0.2) is 4.98 Å². The standard InChI is InChI=1S/C27H24N2OS/c1-4-19(15-27-29-23-12-17(2)18(3)13-25(23)31-27)14-26-28-22-16-21(10-11-24(22)30-26)20-8-6-5-7-9-20/h5-16,28H,4H2,1-3H3. The predicted octanol–water partition coefficient (Wildman–Crippen LogP) is 7.72. The fourth-order valence-corrected chi connectivity index (χ4v) is 4.73. The number of benzene rings is 3. The van der Waals surface area contributed by atoms with Crippen molar-refractivity contribution in [3.63, 3.8) is 0 Å². The normalized spacial score (nSPS) is 14.5. The predicted molar refractivity (Wildman–Crippen MR) is 132 cm³/mol. The van der Waals surface area contributed by atoms with Crippen molar-refractivity contribution in [2.75, 3.05) is 5.32 Å². The van der Waals surface area contributed by atoms with Gasteiger partial charge in [-0.3, -0.25) is 0 Å². The molecule has 1 aliphatic heterocycles. The molecule has 3 aromatic carbocycles. The maximum Gasteiger partial charge on any atom is 0.198 e. The van der Waals surface area contributed by atoms with Crippen LogP contribution in [0, 0.1) is 13.8 Å². The zero-order valence-electron chi connectivity index (χ0n) is 17.9. The van der Waals surface area contributed by atoms with Crippen LogP contribution < -0.4 is 10.1 Å². The summed E-state index contributed by atoms with van der Waals surface area (Å²) >= 11 is 1.73. The number of thiazole rings is 1. The van der Waals surface area contributed by atoms with E-state index in [1.165, 1.54) is 32.5 Å². The van der Waals surface area contributed by atoms with Crippen LogP contribution in [0.4, 0.5) is 5.69 Å². The molecule has 0 radical (unpaired) electrons. The summed E-state index contributed by atoms with van der Waals surface area (Å²) in [7, 11) is 0. The van der Waals surface area contributed by atoms with E-state index in [1.807, 2.05) is 12.1 Å². The van der Waals surface area contributed by atoms with Crippen LogP contribution in [0.25, 0.3) is 27.4 Å². The molecule has 4 heteroatoms. The Labute approximate surface area is 186 Å². The molecule has 0 spiro atoms. The summed E-state index contributed by atoms with van der Waals surface area (Å²) in [6.45, 7) is 6.44. The molecule has 0 amide bonds. The van der Waals surface area contributed by atoms with Crippen LogP contribution in [0.3, 0.4) is 0 Å². The Balaban J connectivity index is 1.41. The second-order valence-electron chi connectivity index (χ2n) is 7.84. The number of nitrogens with one attached hydrogen (secondary N) is 1. The van der Waals surface area contributed by atoms with Gasteiger partial charge in [0.05, 0.1) is 15.9 Å². The lowest BCUT2D eigenvalue weighted by atomic mass is 10.1. The van der Waals surface area contributed by atoms with Crippen LogP contribution in [0.2, 0.25) is 0 Å². The van der Waals surface area contributed by atoms with Gasteiger partial charge in [-0.05, 0) is 78.4 Å². The minimum Gasteiger partial charge on any atom is -0.439 e. The number of aromatic nitrogens is 1. The summed E-state index contributed by atoms with van der Waals surface area (Å²) in [4.78, 5) is 4.81. The molecule has 0 saturated carbocycles. The molecule has 3 nitrogen and oxygen atoms in total. The van der Waals surface area contributed by atoms with Gasteiger partial charge >= 0.3 is 0 Å². The average Bonchev–Trinajstić information content (AvgIpc) is 3.36. The molecule has 154 valence electrons. The second-order valence-corrected chi connectivity index (χ2v) is 8.90. The molecular formula is C27H24N2OS. The van der Waals surface area contributed by atoms with Crippen LogP contribution in [-0.4, -0.2) is 4.98 Å². The number of hydrogen-bond donors (Lipinski definition) is 1. The van der Waals surface area contributed by atoms with Gasteiger partial charge in [-0.1, -0.05) is 43.3 Å². The highest BCUT2D eigenvalue weighted by Gasteiger charge is 2.17. The topological polar surface area (TPSA) is 34.2 Å². The first-order chi connectivity index (χ1) is 15.1. The van der Waals surface area contributed by atoms with Gasteiger partial charge in [0.15, 0.2) is 11.6 Å². The lowest BCUT2D eigenvalue weighted by Crippen LogP contribution is -1.97. The lowest BCUT2D eigenvalue weighted by Gasteiger charge is -2.03. The highest BCUT2D eigenvalue weighted by Crippen LogP contribution is 2.37. The Kier molecular flexibility index (Phi) is 5.08. The third-order valence-electron chi connectivity index (χ3n) is 5.62. The van der Waals surface area contributed by atoms with Gasteiger partial charge in [0.25, 0.3) is 0 Å². The molecule has 0 aliphatic carbocycles. The van der Waals surface area contributed by atoms with E-state index < -0.39 is 0 Å². The number of nitrogens with zero attached hydrogens (tertiary/aromatic N) is 1. The van der Waals surface area contributed by atoms with Crippen molar-refractivity contribution in [2.24, 2.45) is 0 Å². The van der Waals surface area contributed by atoms with Gasteiger partial charge in [0.2, 0.25) is 0 Å². The van der Waals surface area contributed by atoms with Crippen molar-refractivity contribution in [2.45, 2.75) is 27.2 Å². The molecule has 1 N–H and O–H groups in total. The fourth-order valence-electron chi connectivity index (χ4n) is 3.70. The molecule has 0 fully saturated rings. The molecule has 31 heavy (non-hydrogen) atoms. The first kappa shape index (κ1) is 19.6. The Morgan fingerprint density at radius 2 is 1.81 bits per heavy atom. The molecule has 0 saturated heterocycles. The summed E-state index contributed by atoms with van der Waals surface area (Å²) in [5.74, 6) is 1.61. The lowest BCUT2D eigenvalue weighted by molar-refractivity contribution is 0.456. The highest BCUT2D eigenvalue weighted by molar-refractivity contribution is 7.19. The Morgan fingerprint density at radius 1 is 1.00 bits per heavy atom. The number of allylic oxidation sites excluding steroid dienone is 2. The SMILES string of the molecule is CCC(=Cc1nc2cc(C)c(C)cc2s1)C=C1Nc2cc(-c3ccccc3)ccc2O1. The van der Waals surface area contributed by atoms with E-state index in [1.54, 1.807) is 11.3 Å². The maximum absolute atomic E-state index is 6.05. The Bertz CT molecular complexity index is 1290. The van der Waals surface area contributed by atoms with Crippen LogP contribution in [0.15, 0.2) is 78.2 Å². The summed E-state index contributed by atoms with van der Waals surface area (Å²) in [5.41, 5.74) is 8.18. The second kappa shape index (κ2) is 8.05. The molecule has 0 atom stereocenters. The third kappa shape index (κ3) is 3.99. The maximum atomic E-state index is 6.05. The van der Waals surface area contributed by atoms with Crippen molar-refractivity contribution in [3.8, 4) is 16.9 Å². The zero-order valence-corrected chi connectivity index (χ0v) is 18.7. The number of aryl methyl sites for hydroxylation is 2. The molecule has 5 rings (SSSR count). The molecule has 2 heterocycles. The van der Waals surface area contributed by atoms with Crippen molar-refractivity contribution >= 4 is 33.3 Å². The van der Waals surface area contributed by atoms with Crippen LogP contribution in [-0.2, 0) is 0 Å². The Morgan fingerprint density at radius 3 is 2.61 bits per heavy atom. The van der Waals surface area contributed by atoms with Gasteiger partial charge < -0.3 is 10.1 Å². The van der Waals surface area contributed by atoms with Crippen LogP contribution in [0.1, 0.15) is 29.5 Å². The zero-order chi connectivity index (χ0) is 21.4. The van der Waals surface area contributed by atoms with E-state index in [9.17, 15) is 0 Å². The molecule has 4 aromatic rings. The first-order valence-corrected chi connectivity index (χ1v) is 11.3. The Hall–Kier alpha value is -3.37. The summed E-state index contributed by atoms with van der Waals surface area (Å²) in [5, 5.41) is 4.44. The molecule has 0 unspecified atom stereocenters. The minimum atomic E-state index is 0.751. The average molecular weight is 425 g/mol. The number of ether oxygens (including phenoxy) is 1. The van der Waals surface area contributed by atoms with Crippen LogP contribution in [0.5, 0.6) is 5.75 Å². The van der Waals surface area contributed by atoms with E-state index in [0.29, 0.717) is 0 Å². The van der Waals surface area contributed by atoms with Crippen molar-refractivity contribution in [1.29, 1.82) is 0 Å². The minimum absolute atomic E-state index is 0.751. The van der Waals surface area contributed by atoms with E-state index in [0.717, 1.165) is 34.3 Å². The summed E-state index contributed by atoms with van der Waals surface area (Å²) in [6, 6.07) is 21.0. The monoisotopic (exact) mass is 424 g/mol. The van der Waals surface area contributed by atoms with Crippen LogP contribution >= 0.6 is 11.3 Å². The smallest absolute Gasteiger partial charge is 0.198 e.